The van der Waals surface area contributed by atoms with Gasteiger partial charge >= 0.3 is 5.97 Å². The molecule has 2 unspecified atom stereocenters. The van der Waals surface area contributed by atoms with Crippen molar-refractivity contribution >= 4 is 17.3 Å². The van der Waals surface area contributed by atoms with Gasteiger partial charge < -0.3 is 15.2 Å². The van der Waals surface area contributed by atoms with Crippen LogP contribution in [0.2, 0.25) is 0 Å². The summed E-state index contributed by atoms with van der Waals surface area (Å²) in [5.41, 5.74) is 1.05. The monoisotopic (exact) mass is 269 g/mol. The van der Waals surface area contributed by atoms with Gasteiger partial charge in [0.2, 0.25) is 0 Å². The van der Waals surface area contributed by atoms with Crippen molar-refractivity contribution < 1.29 is 14.6 Å². The summed E-state index contributed by atoms with van der Waals surface area (Å²) in [6.45, 7) is 7.67. The summed E-state index contributed by atoms with van der Waals surface area (Å²) in [5, 5.41) is 12.5. The standard InChI is InChI=1S/C13H19NO3S/c1-8-10(6-11(18-8)12(15)16)7-14-13(3)4-5-17-9(13)2/h6,9,14H,4-5,7H2,1-3H3,(H,15,16). The molecule has 1 aliphatic rings. The zero-order valence-electron chi connectivity index (χ0n) is 10.9. The molecule has 1 saturated heterocycles. The van der Waals surface area contributed by atoms with Crippen LogP contribution in [-0.4, -0.2) is 29.3 Å². The highest BCUT2D eigenvalue weighted by atomic mass is 32.1. The van der Waals surface area contributed by atoms with Crippen molar-refractivity contribution in [2.75, 3.05) is 6.61 Å². The van der Waals surface area contributed by atoms with E-state index in [2.05, 4.69) is 19.2 Å². The molecule has 100 valence electrons. The van der Waals surface area contributed by atoms with Crippen LogP contribution >= 0.6 is 11.3 Å². The maximum absolute atomic E-state index is 10.9. The number of carboxylic acid groups (broad SMARTS) is 1. The number of nitrogens with one attached hydrogen (secondary N) is 1. The minimum absolute atomic E-state index is 0.0161. The van der Waals surface area contributed by atoms with Crippen LogP contribution in [0.4, 0.5) is 0 Å². The molecule has 0 bridgehead atoms. The molecular weight excluding hydrogens is 250 g/mol. The molecule has 2 rings (SSSR count). The summed E-state index contributed by atoms with van der Waals surface area (Å²) in [5.74, 6) is -0.849. The van der Waals surface area contributed by atoms with Gasteiger partial charge in [-0.1, -0.05) is 0 Å². The molecule has 0 aromatic carbocycles. The number of rotatable bonds is 4. The number of aryl methyl sites for hydroxylation is 1. The zero-order valence-corrected chi connectivity index (χ0v) is 11.8. The molecule has 2 heterocycles. The predicted octanol–water partition coefficient (Wildman–Crippen LogP) is 2.41. The van der Waals surface area contributed by atoms with Crippen molar-refractivity contribution in [2.45, 2.75) is 45.4 Å². The minimum Gasteiger partial charge on any atom is -0.477 e. The number of carbonyl (C=O) groups is 1. The fourth-order valence-corrected chi connectivity index (χ4v) is 3.05. The first-order chi connectivity index (χ1) is 8.42. The fraction of sp³-hybridized carbons (Fsp3) is 0.615. The van der Waals surface area contributed by atoms with E-state index in [0.29, 0.717) is 11.4 Å². The molecule has 1 aliphatic heterocycles. The van der Waals surface area contributed by atoms with E-state index in [1.165, 1.54) is 11.3 Å². The summed E-state index contributed by atoms with van der Waals surface area (Å²) in [6.07, 6.45) is 1.18. The van der Waals surface area contributed by atoms with Gasteiger partial charge in [0.15, 0.2) is 0 Å². The van der Waals surface area contributed by atoms with E-state index in [1.807, 2.05) is 6.92 Å². The van der Waals surface area contributed by atoms with Crippen molar-refractivity contribution in [3.8, 4) is 0 Å². The van der Waals surface area contributed by atoms with Gasteiger partial charge in [0, 0.05) is 23.6 Å². The molecule has 0 amide bonds. The van der Waals surface area contributed by atoms with E-state index >= 15 is 0 Å². The summed E-state index contributed by atoms with van der Waals surface area (Å²) in [4.78, 5) is 12.4. The largest absolute Gasteiger partial charge is 0.477 e. The van der Waals surface area contributed by atoms with Crippen LogP contribution < -0.4 is 5.32 Å². The van der Waals surface area contributed by atoms with Crippen LogP contribution in [-0.2, 0) is 11.3 Å². The summed E-state index contributed by atoms with van der Waals surface area (Å²) >= 11 is 1.33. The highest BCUT2D eigenvalue weighted by molar-refractivity contribution is 7.14. The van der Waals surface area contributed by atoms with E-state index < -0.39 is 5.97 Å². The van der Waals surface area contributed by atoms with Crippen LogP contribution in [0, 0.1) is 6.92 Å². The second-order valence-electron chi connectivity index (χ2n) is 5.03. The Morgan fingerprint density at radius 1 is 1.72 bits per heavy atom. The molecule has 2 atom stereocenters. The SMILES string of the molecule is Cc1sc(C(=O)O)cc1CNC1(C)CCOC1C. The molecule has 0 aliphatic carbocycles. The van der Waals surface area contributed by atoms with Gasteiger partial charge in [0.25, 0.3) is 0 Å². The second kappa shape index (κ2) is 4.99. The van der Waals surface area contributed by atoms with Gasteiger partial charge in [-0.3, -0.25) is 0 Å². The smallest absolute Gasteiger partial charge is 0.345 e. The number of hydrogen-bond donors (Lipinski definition) is 2. The van der Waals surface area contributed by atoms with Crippen LogP contribution in [0.25, 0.3) is 0 Å². The Morgan fingerprint density at radius 3 is 2.94 bits per heavy atom. The Bertz CT molecular complexity index is 457. The number of thiophene rings is 1. The van der Waals surface area contributed by atoms with E-state index in [4.69, 9.17) is 9.84 Å². The Hall–Kier alpha value is -0.910. The molecule has 0 radical (unpaired) electrons. The molecule has 1 aromatic heterocycles. The van der Waals surface area contributed by atoms with E-state index in [9.17, 15) is 4.79 Å². The third kappa shape index (κ3) is 2.58. The Kier molecular flexibility index (Phi) is 3.75. The number of carboxylic acids is 1. The van der Waals surface area contributed by atoms with Crippen molar-refractivity contribution in [3.63, 3.8) is 0 Å². The molecule has 0 saturated carbocycles. The molecule has 2 N–H and O–H groups in total. The van der Waals surface area contributed by atoms with Crippen LogP contribution in [0.15, 0.2) is 6.07 Å². The molecule has 1 fully saturated rings. The van der Waals surface area contributed by atoms with E-state index in [0.717, 1.165) is 23.5 Å². The van der Waals surface area contributed by atoms with Gasteiger partial charge in [-0.2, -0.15) is 0 Å². The normalized spacial score (nSPS) is 27.6. The average Bonchev–Trinajstić information content (AvgIpc) is 2.82. The molecule has 5 heteroatoms. The van der Waals surface area contributed by atoms with E-state index in [-0.39, 0.29) is 11.6 Å². The highest BCUT2D eigenvalue weighted by Gasteiger charge is 2.36. The first kappa shape index (κ1) is 13.5. The second-order valence-corrected chi connectivity index (χ2v) is 6.29. The van der Waals surface area contributed by atoms with Gasteiger partial charge in [-0.05, 0) is 38.8 Å². The van der Waals surface area contributed by atoms with Gasteiger partial charge in [0.1, 0.15) is 4.88 Å². The lowest BCUT2D eigenvalue weighted by molar-refractivity contribution is 0.0702. The Balaban J connectivity index is 2.04. The summed E-state index contributed by atoms with van der Waals surface area (Å²) < 4.78 is 5.58. The molecule has 18 heavy (non-hydrogen) atoms. The van der Waals surface area contributed by atoms with Crippen LogP contribution in [0.1, 0.15) is 40.4 Å². The topological polar surface area (TPSA) is 58.6 Å². The highest BCUT2D eigenvalue weighted by Crippen LogP contribution is 2.27. The first-order valence-corrected chi connectivity index (χ1v) is 6.93. The van der Waals surface area contributed by atoms with Crippen molar-refractivity contribution in [2.24, 2.45) is 0 Å². The van der Waals surface area contributed by atoms with Gasteiger partial charge in [-0.15, -0.1) is 11.3 Å². The number of ether oxygens (including phenoxy) is 1. The van der Waals surface area contributed by atoms with Gasteiger partial charge in [0.05, 0.1) is 6.10 Å². The molecule has 0 spiro atoms. The zero-order chi connectivity index (χ0) is 13.3. The minimum atomic E-state index is -0.849. The van der Waals surface area contributed by atoms with Gasteiger partial charge in [-0.25, -0.2) is 4.79 Å². The quantitative estimate of drug-likeness (QED) is 0.881. The first-order valence-electron chi connectivity index (χ1n) is 6.11. The lowest BCUT2D eigenvalue weighted by Gasteiger charge is -2.29. The van der Waals surface area contributed by atoms with Crippen LogP contribution in [0.5, 0.6) is 0 Å². The van der Waals surface area contributed by atoms with Crippen molar-refractivity contribution in [1.29, 1.82) is 0 Å². The maximum Gasteiger partial charge on any atom is 0.345 e. The summed E-state index contributed by atoms with van der Waals surface area (Å²) in [7, 11) is 0. The van der Waals surface area contributed by atoms with E-state index in [1.54, 1.807) is 6.07 Å². The number of aromatic carboxylic acids is 1. The number of hydrogen-bond acceptors (Lipinski definition) is 4. The predicted molar refractivity (Wildman–Crippen MR) is 71.3 cm³/mol. The average molecular weight is 269 g/mol. The molecular formula is C13H19NO3S. The lowest BCUT2D eigenvalue weighted by atomic mass is 9.94. The van der Waals surface area contributed by atoms with Crippen LogP contribution in [0.3, 0.4) is 0 Å². The fourth-order valence-electron chi connectivity index (χ4n) is 2.16. The maximum atomic E-state index is 10.9. The lowest BCUT2D eigenvalue weighted by Crippen LogP contribution is -2.47. The third-order valence-electron chi connectivity index (χ3n) is 3.80. The van der Waals surface area contributed by atoms with Crippen molar-refractivity contribution in [3.05, 3.63) is 21.4 Å². The van der Waals surface area contributed by atoms with Crippen molar-refractivity contribution in [1.82, 2.24) is 5.32 Å². The third-order valence-corrected chi connectivity index (χ3v) is 4.88. The molecule has 4 nitrogen and oxygen atoms in total. The summed E-state index contributed by atoms with van der Waals surface area (Å²) in [6, 6.07) is 1.76. The molecule has 1 aromatic rings. The Labute approximate surface area is 111 Å². The Morgan fingerprint density at radius 2 is 2.44 bits per heavy atom.